The highest BCUT2D eigenvalue weighted by molar-refractivity contribution is 7.94. The second-order valence-electron chi connectivity index (χ2n) is 3.89. The molecule has 0 saturated heterocycles. The quantitative estimate of drug-likeness (QED) is 0.803. The summed E-state index contributed by atoms with van der Waals surface area (Å²) >= 11 is 6.77. The van der Waals surface area contributed by atoms with Gasteiger partial charge in [0.15, 0.2) is 0 Å². The van der Waals surface area contributed by atoms with Crippen molar-refractivity contribution in [3.05, 3.63) is 47.1 Å². The highest BCUT2D eigenvalue weighted by Crippen LogP contribution is 2.28. The van der Waals surface area contributed by atoms with Gasteiger partial charge >= 0.3 is 0 Å². The standard InChI is InChI=1S/C12H8ClN3O2S2/c13-10-4-5-11(19-10)20(17,18)16-9-3-1-2-8-12(9)15-7-6-14-8/h1-7,16H. The molecular weight excluding hydrogens is 318 g/mol. The Bertz CT molecular complexity index is 872. The van der Waals surface area contributed by atoms with Gasteiger partial charge < -0.3 is 0 Å². The minimum atomic E-state index is -3.67. The van der Waals surface area contributed by atoms with Gasteiger partial charge in [0, 0.05) is 12.4 Å². The molecule has 3 rings (SSSR count). The van der Waals surface area contributed by atoms with Crippen molar-refractivity contribution in [3.63, 3.8) is 0 Å². The molecule has 0 spiro atoms. The molecule has 1 aromatic carbocycles. The molecular formula is C12H8ClN3O2S2. The van der Waals surface area contributed by atoms with E-state index in [1.165, 1.54) is 12.3 Å². The van der Waals surface area contributed by atoms with Gasteiger partial charge in [0.2, 0.25) is 0 Å². The topological polar surface area (TPSA) is 72.0 Å². The number of para-hydroxylation sites is 1. The van der Waals surface area contributed by atoms with Crippen LogP contribution < -0.4 is 4.72 Å². The third kappa shape index (κ3) is 2.47. The van der Waals surface area contributed by atoms with Crippen molar-refractivity contribution >= 4 is 49.7 Å². The zero-order valence-corrected chi connectivity index (χ0v) is 12.3. The monoisotopic (exact) mass is 325 g/mol. The van der Waals surface area contributed by atoms with Crippen molar-refractivity contribution in [3.8, 4) is 0 Å². The van der Waals surface area contributed by atoms with E-state index in [2.05, 4.69) is 14.7 Å². The zero-order valence-electron chi connectivity index (χ0n) is 9.95. The van der Waals surface area contributed by atoms with E-state index < -0.39 is 10.0 Å². The van der Waals surface area contributed by atoms with Gasteiger partial charge in [-0.15, -0.1) is 11.3 Å². The Morgan fingerprint density at radius 1 is 1.10 bits per heavy atom. The van der Waals surface area contributed by atoms with Crippen molar-refractivity contribution in [1.82, 2.24) is 9.97 Å². The first-order valence-corrected chi connectivity index (χ1v) is 8.22. The van der Waals surface area contributed by atoms with E-state index in [-0.39, 0.29) is 4.21 Å². The Balaban J connectivity index is 2.05. The summed E-state index contributed by atoms with van der Waals surface area (Å²) in [6.45, 7) is 0. The third-order valence-electron chi connectivity index (χ3n) is 2.56. The van der Waals surface area contributed by atoms with E-state index in [1.54, 1.807) is 30.5 Å². The molecule has 102 valence electrons. The summed E-state index contributed by atoms with van der Waals surface area (Å²) in [5.41, 5.74) is 1.51. The van der Waals surface area contributed by atoms with Crippen LogP contribution in [0.3, 0.4) is 0 Å². The van der Waals surface area contributed by atoms with Crippen LogP contribution in [-0.2, 0) is 10.0 Å². The van der Waals surface area contributed by atoms with Crippen LogP contribution in [0.25, 0.3) is 11.0 Å². The highest BCUT2D eigenvalue weighted by atomic mass is 35.5. The minimum absolute atomic E-state index is 0.156. The lowest BCUT2D eigenvalue weighted by atomic mass is 10.2. The number of benzene rings is 1. The average molecular weight is 326 g/mol. The summed E-state index contributed by atoms with van der Waals surface area (Å²) in [4.78, 5) is 8.29. The molecule has 2 aromatic heterocycles. The molecule has 0 atom stereocenters. The van der Waals surface area contributed by atoms with Crippen LogP contribution in [-0.4, -0.2) is 18.4 Å². The molecule has 8 heteroatoms. The number of hydrogen-bond donors (Lipinski definition) is 1. The first-order chi connectivity index (χ1) is 9.56. The van der Waals surface area contributed by atoms with Crippen molar-refractivity contribution in [2.45, 2.75) is 4.21 Å². The maximum atomic E-state index is 12.3. The number of sulfonamides is 1. The summed E-state index contributed by atoms with van der Waals surface area (Å²) in [6, 6.07) is 8.14. The largest absolute Gasteiger partial charge is 0.277 e. The van der Waals surface area contributed by atoms with Crippen molar-refractivity contribution in [1.29, 1.82) is 0 Å². The van der Waals surface area contributed by atoms with E-state index in [9.17, 15) is 8.42 Å². The number of nitrogens with one attached hydrogen (secondary N) is 1. The second-order valence-corrected chi connectivity index (χ2v) is 7.52. The zero-order chi connectivity index (χ0) is 14.2. The lowest BCUT2D eigenvalue weighted by molar-refractivity contribution is 0.603. The first kappa shape index (κ1) is 13.3. The molecule has 0 aliphatic heterocycles. The predicted molar refractivity (Wildman–Crippen MR) is 79.7 cm³/mol. The van der Waals surface area contributed by atoms with Gasteiger partial charge in [0.1, 0.15) is 9.73 Å². The predicted octanol–water partition coefficient (Wildman–Crippen LogP) is 3.15. The van der Waals surface area contributed by atoms with Crippen LogP contribution in [0.15, 0.2) is 46.9 Å². The normalized spacial score (nSPS) is 11.7. The Hall–Kier alpha value is -1.70. The molecule has 1 N–H and O–H groups in total. The van der Waals surface area contributed by atoms with Crippen LogP contribution in [0, 0.1) is 0 Å². The maximum Gasteiger partial charge on any atom is 0.271 e. The molecule has 20 heavy (non-hydrogen) atoms. The fraction of sp³-hybridized carbons (Fsp3) is 0. The molecule has 0 unspecified atom stereocenters. The van der Waals surface area contributed by atoms with E-state index >= 15 is 0 Å². The molecule has 0 aliphatic carbocycles. The van der Waals surface area contributed by atoms with Gasteiger partial charge in [-0.1, -0.05) is 17.7 Å². The summed E-state index contributed by atoms with van der Waals surface area (Å²) in [5, 5.41) is 0. The van der Waals surface area contributed by atoms with Crippen LogP contribution in [0.5, 0.6) is 0 Å². The smallest absolute Gasteiger partial charge is 0.271 e. The summed E-state index contributed by atoms with van der Waals surface area (Å²) in [6.07, 6.45) is 3.07. The van der Waals surface area contributed by atoms with Gasteiger partial charge in [-0.25, -0.2) is 8.42 Å². The summed E-state index contributed by atoms with van der Waals surface area (Å²) in [7, 11) is -3.67. The van der Waals surface area contributed by atoms with Gasteiger partial charge in [-0.2, -0.15) is 0 Å². The molecule has 0 radical (unpaired) electrons. The fourth-order valence-electron chi connectivity index (χ4n) is 1.71. The molecule has 0 bridgehead atoms. The van der Waals surface area contributed by atoms with Gasteiger partial charge in [0.05, 0.1) is 15.5 Å². The summed E-state index contributed by atoms with van der Waals surface area (Å²) in [5.74, 6) is 0. The number of fused-ring (bicyclic) bond motifs is 1. The lowest BCUT2D eigenvalue weighted by Gasteiger charge is -2.08. The van der Waals surface area contributed by atoms with E-state index in [0.717, 1.165) is 11.3 Å². The van der Waals surface area contributed by atoms with E-state index in [1.807, 2.05) is 0 Å². The Morgan fingerprint density at radius 2 is 1.90 bits per heavy atom. The second kappa shape index (κ2) is 5.01. The third-order valence-corrected chi connectivity index (χ3v) is 5.64. The number of thiophene rings is 1. The van der Waals surface area contributed by atoms with Gasteiger partial charge in [0.25, 0.3) is 10.0 Å². The molecule has 2 heterocycles. The van der Waals surface area contributed by atoms with Crippen LogP contribution in [0.2, 0.25) is 4.34 Å². The maximum absolute atomic E-state index is 12.3. The van der Waals surface area contributed by atoms with E-state index in [4.69, 9.17) is 11.6 Å². The number of hydrogen-bond acceptors (Lipinski definition) is 5. The lowest BCUT2D eigenvalue weighted by Crippen LogP contribution is -2.12. The molecule has 0 fully saturated rings. The molecule has 0 aliphatic rings. The van der Waals surface area contributed by atoms with E-state index in [0.29, 0.717) is 21.1 Å². The van der Waals surface area contributed by atoms with Crippen LogP contribution in [0.4, 0.5) is 5.69 Å². The van der Waals surface area contributed by atoms with Crippen LogP contribution >= 0.6 is 22.9 Å². The average Bonchev–Trinajstić information content (AvgIpc) is 2.86. The van der Waals surface area contributed by atoms with Gasteiger partial charge in [-0.05, 0) is 24.3 Å². The fourth-order valence-corrected chi connectivity index (χ4v) is 4.26. The minimum Gasteiger partial charge on any atom is -0.277 e. The molecule has 0 amide bonds. The van der Waals surface area contributed by atoms with Crippen LogP contribution in [0.1, 0.15) is 0 Å². The number of nitrogens with zero attached hydrogens (tertiary/aromatic N) is 2. The Morgan fingerprint density at radius 3 is 2.65 bits per heavy atom. The SMILES string of the molecule is O=S(=O)(Nc1cccc2nccnc12)c1ccc(Cl)s1. The van der Waals surface area contributed by atoms with Crippen molar-refractivity contribution in [2.75, 3.05) is 4.72 Å². The molecule has 0 saturated carbocycles. The molecule has 5 nitrogen and oxygen atoms in total. The van der Waals surface area contributed by atoms with Crippen molar-refractivity contribution in [2.24, 2.45) is 0 Å². The number of anilines is 1. The molecule has 3 aromatic rings. The highest BCUT2D eigenvalue weighted by Gasteiger charge is 2.18. The van der Waals surface area contributed by atoms with Crippen molar-refractivity contribution < 1.29 is 8.42 Å². The Labute approximate surface area is 124 Å². The number of halogens is 1. The first-order valence-electron chi connectivity index (χ1n) is 5.54. The summed E-state index contributed by atoms with van der Waals surface area (Å²) < 4.78 is 27.6. The number of rotatable bonds is 3. The van der Waals surface area contributed by atoms with Gasteiger partial charge in [-0.3, -0.25) is 14.7 Å². The Kier molecular flexibility index (Phi) is 3.33. The number of aromatic nitrogens is 2.